The quantitative estimate of drug-likeness (QED) is 0.632. The lowest BCUT2D eigenvalue weighted by molar-refractivity contribution is 0.210. The van der Waals surface area contributed by atoms with E-state index in [-0.39, 0.29) is 5.56 Å². The van der Waals surface area contributed by atoms with E-state index in [1.54, 1.807) is 7.11 Å². The number of hydrogen-bond donors (Lipinski definition) is 3. The topological polar surface area (TPSA) is 82.8 Å². The van der Waals surface area contributed by atoms with Gasteiger partial charge < -0.3 is 20.0 Å². The first-order chi connectivity index (χ1) is 11.1. The molecule has 0 bridgehead atoms. The van der Waals surface area contributed by atoms with Gasteiger partial charge in [0.1, 0.15) is 11.5 Å². The van der Waals surface area contributed by atoms with Gasteiger partial charge in [0.25, 0.3) is 5.56 Å². The fourth-order valence-electron chi connectivity index (χ4n) is 2.56. The Morgan fingerprint density at radius 3 is 2.87 bits per heavy atom. The molecule has 3 N–H and O–H groups in total. The monoisotopic (exact) mass is 312 g/mol. The van der Waals surface area contributed by atoms with Gasteiger partial charge >= 0.3 is 0 Å². The summed E-state index contributed by atoms with van der Waals surface area (Å²) in [7, 11) is 1.66. The molecule has 0 aliphatic heterocycles. The summed E-state index contributed by atoms with van der Waals surface area (Å²) in [5.74, 6) is 0.713. The molecule has 6 nitrogen and oxygen atoms in total. The van der Waals surface area contributed by atoms with E-state index < -0.39 is 0 Å². The van der Waals surface area contributed by atoms with Gasteiger partial charge in [0.05, 0.1) is 6.61 Å². The van der Waals surface area contributed by atoms with Crippen LogP contribution in [0.3, 0.4) is 0 Å². The van der Waals surface area contributed by atoms with E-state index in [4.69, 9.17) is 4.74 Å². The van der Waals surface area contributed by atoms with Crippen molar-refractivity contribution in [1.82, 2.24) is 15.0 Å². The highest BCUT2D eigenvalue weighted by molar-refractivity contribution is 5.94. The molecule has 0 unspecified atom stereocenters. The van der Waals surface area contributed by atoms with Gasteiger partial charge in [-0.3, -0.25) is 4.79 Å². The highest BCUT2D eigenvalue weighted by Crippen LogP contribution is 2.28. The number of aromatic amines is 2. The Labute approximate surface area is 133 Å². The van der Waals surface area contributed by atoms with Gasteiger partial charge in [0.15, 0.2) is 0 Å². The zero-order chi connectivity index (χ0) is 16.4. The van der Waals surface area contributed by atoms with Crippen molar-refractivity contribution >= 4 is 16.9 Å². The molecule has 23 heavy (non-hydrogen) atoms. The van der Waals surface area contributed by atoms with Gasteiger partial charge in [-0.25, -0.2) is 4.98 Å². The van der Waals surface area contributed by atoms with Gasteiger partial charge in [0.2, 0.25) is 0 Å². The third-order valence-corrected chi connectivity index (χ3v) is 3.93. The maximum atomic E-state index is 12.4. The Kier molecular flexibility index (Phi) is 4.16. The van der Waals surface area contributed by atoms with E-state index >= 15 is 0 Å². The standard InChI is InChI=1S/C17H20N4O2/c1-10-8-14(17(22)20-11(10)2)13-9-15(18-6-7-23-3)21-16-12(13)4-5-19-16/h4-5,8-9H,6-7H2,1-3H3,(H,20,22)(H2,18,19,21). The van der Waals surface area contributed by atoms with Crippen molar-refractivity contribution in [2.24, 2.45) is 0 Å². The molecule has 0 fully saturated rings. The summed E-state index contributed by atoms with van der Waals surface area (Å²) in [6, 6.07) is 5.77. The Morgan fingerprint density at radius 1 is 1.26 bits per heavy atom. The van der Waals surface area contributed by atoms with Crippen molar-refractivity contribution < 1.29 is 4.74 Å². The fourth-order valence-corrected chi connectivity index (χ4v) is 2.56. The fraction of sp³-hybridized carbons (Fsp3) is 0.294. The second-order valence-corrected chi connectivity index (χ2v) is 5.53. The van der Waals surface area contributed by atoms with Crippen LogP contribution in [0.4, 0.5) is 5.82 Å². The van der Waals surface area contributed by atoms with Crippen LogP contribution < -0.4 is 10.9 Å². The lowest BCUT2D eigenvalue weighted by atomic mass is 10.0. The number of anilines is 1. The largest absolute Gasteiger partial charge is 0.383 e. The van der Waals surface area contributed by atoms with E-state index in [0.717, 1.165) is 27.9 Å². The maximum absolute atomic E-state index is 12.4. The van der Waals surface area contributed by atoms with Crippen LogP contribution in [0.25, 0.3) is 22.2 Å². The number of rotatable bonds is 5. The van der Waals surface area contributed by atoms with Crippen LogP contribution in [-0.2, 0) is 4.74 Å². The van der Waals surface area contributed by atoms with Crippen LogP contribution in [0.5, 0.6) is 0 Å². The number of fused-ring (bicyclic) bond motifs is 1. The lowest BCUT2D eigenvalue weighted by Crippen LogP contribution is -2.12. The van der Waals surface area contributed by atoms with E-state index in [1.807, 2.05) is 38.2 Å². The number of aryl methyl sites for hydroxylation is 2. The number of ether oxygens (including phenoxy) is 1. The molecule has 0 aliphatic carbocycles. The van der Waals surface area contributed by atoms with Crippen molar-refractivity contribution in [3.8, 4) is 11.1 Å². The normalized spacial score (nSPS) is 11.1. The van der Waals surface area contributed by atoms with Gasteiger partial charge in [0, 0.05) is 42.1 Å². The minimum absolute atomic E-state index is 0.0929. The van der Waals surface area contributed by atoms with E-state index in [2.05, 4.69) is 20.3 Å². The Hall–Kier alpha value is -2.60. The first kappa shape index (κ1) is 15.3. The molecule has 3 heterocycles. The zero-order valence-electron chi connectivity index (χ0n) is 13.5. The number of nitrogens with one attached hydrogen (secondary N) is 3. The molecular weight excluding hydrogens is 292 g/mol. The minimum atomic E-state index is -0.0929. The highest BCUT2D eigenvalue weighted by Gasteiger charge is 2.13. The maximum Gasteiger partial charge on any atom is 0.256 e. The molecule has 3 rings (SSSR count). The summed E-state index contributed by atoms with van der Waals surface area (Å²) < 4.78 is 5.05. The number of methoxy groups -OCH3 is 1. The Morgan fingerprint density at radius 2 is 2.09 bits per heavy atom. The third-order valence-electron chi connectivity index (χ3n) is 3.93. The van der Waals surface area contributed by atoms with Gasteiger partial charge in [-0.15, -0.1) is 0 Å². The smallest absolute Gasteiger partial charge is 0.256 e. The van der Waals surface area contributed by atoms with Gasteiger partial charge in [-0.05, 0) is 37.6 Å². The van der Waals surface area contributed by atoms with Crippen LogP contribution in [-0.4, -0.2) is 35.2 Å². The van der Waals surface area contributed by atoms with Crippen molar-refractivity contribution in [3.63, 3.8) is 0 Å². The summed E-state index contributed by atoms with van der Waals surface area (Å²) in [6.07, 6.45) is 1.83. The van der Waals surface area contributed by atoms with Crippen molar-refractivity contribution in [3.05, 3.63) is 46.0 Å². The molecule has 0 aromatic carbocycles. The average molecular weight is 312 g/mol. The van der Waals surface area contributed by atoms with Crippen molar-refractivity contribution in [1.29, 1.82) is 0 Å². The number of aromatic nitrogens is 3. The summed E-state index contributed by atoms with van der Waals surface area (Å²) in [4.78, 5) is 23.0. The number of hydrogen-bond acceptors (Lipinski definition) is 4. The molecule has 0 atom stereocenters. The molecular formula is C17H20N4O2. The molecule has 0 saturated carbocycles. The summed E-state index contributed by atoms with van der Waals surface area (Å²) in [5, 5.41) is 4.14. The summed E-state index contributed by atoms with van der Waals surface area (Å²) >= 11 is 0. The molecule has 6 heteroatoms. The number of nitrogens with zero attached hydrogens (tertiary/aromatic N) is 1. The molecule has 0 spiro atoms. The highest BCUT2D eigenvalue weighted by atomic mass is 16.5. The van der Waals surface area contributed by atoms with Crippen LogP contribution in [0.2, 0.25) is 0 Å². The lowest BCUT2D eigenvalue weighted by Gasteiger charge is -2.10. The van der Waals surface area contributed by atoms with Crippen molar-refractivity contribution in [2.45, 2.75) is 13.8 Å². The summed E-state index contributed by atoms with van der Waals surface area (Å²) in [6.45, 7) is 5.13. The molecule has 0 amide bonds. The molecule has 0 radical (unpaired) electrons. The SMILES string of the molecule is COCCNc1cc(-c2cc(C)c(C)[nH]c2=O)c2cc[nH]c2n1. The summed E-state index contributed by atoms with van der Waals surface area (Å²) in [5.41, 5.74) is 4.10. The third kappa shape index (κ3) is 2.98. The second kappa shape index (κ2) is 6.26. The van der Waals surface area contributed by atoms with Crippen LogP contribution >= 0.6 is 0 Å². The molecule has 3 aromatic rings. The average Bonchev–Trinajstić information content (AvgIpc) is 2.99. The Balaban J connectivity index is 2.14. The van der Waals surface area contributed by atoms with E-state index in [0.29, 0.717) is 24.5 Å². The zero-order valence-corrected chi connectivity index (χ0v) is 13.5. The minimum Gasteiger partial charge on any atom is -0.383 e. The molecule has 0 aliphatic rings. The van der Waals surface area contributed by atoms with Gasteiger partial charge in [-0.2, -0.15) is 0 Å². The molecule has 120 valence electrons. The van der Waals surface area contributed by atoms with Crippen molar-refractivity contribution in [2.75, 3.05) is 25.6 Å². The van der Waals surface area contributed by atoms with Crippen LogP contribution in [0.1, 0.15) is 11.3 Å². The van der Waals surface area contributed by atoms with Crippen LogP contribution in [0, 0.1) is 13.8 Å². The molecule has 3 aromatic heterocycles. The predicted molar refractivity (Wildman–Crippen MR) is 92.0 cm³/mol. The van der Waals surface area contributed by atoms with Crippen LogP contribution in [0.15, 0.2) is 29.2 Å². The number of pyridine rings is 2. The Bertz CT molecular complexity index is 895. The molecule has 0 saturated heterocycles. The van der Waals surface area contributed by atoms with E-state index in [1.165, 1.54) is 0 Å². The second-order valence-electron chi connectivity index (χ2n) is 5.53. The first-order valence-corrected chi connectivity index (χ1v) is 7.52. The first-order valence-electron chi connectivity index (χ1n) is 7.52. The van der Waals surface area contributed by atoms with E-state index in [9.17, 15) is 4.79 Å². The van der Waals surface area contributed by atoms with Gasteiger partial charge in [-0.1, -0.05) is 0 Å². The predicted octanol–water partition coefficient (Wildman–Crippen LogP) is 2.59. The number of H-pyrrole nitrogens is 2.